The summed E-state index contributed by atoms with van der Waals surface area (Å²) in [7, 11) is 3.16. The van der Waals surface area contributed by atoms with Crippen LogP contribution in [0.5, 0.6) is 23.0 Å². The minimum absolute atomic E-state index is 0.226. The standard InChI is InChI=1S/C20H23NO6/c1-23-6-7-25-16-5-3-4-14(10-16)13-21-20(22)15-11-17(24-2)19-18(12-15)26-8-9-27-19/h3-5,10-12H,6-9,13H2,1-2H3,(H,21,22). The first-order chi connectivity index (χ1) is 13.2. The van der Waals surface area contributed by atoms with Gasteiger partial charge >= 0.3 is 0 Å². The summed E-state index contributed by atoms with van der Waals surface area (Å²) >= 11 is 0. The number of amides is 1. The molecule has 0 aliphatic carbocycles. The summed E-state index contributed by atoms with van der Waals surface area (Å²) in [5, 5.41) is 2.90. The lowest BCUT2D eigenvalue weighted by molar-refractivity contribution is 0.0949. The van der Waals surface area contributed by atoms with Gasteiger partial charge in [0.25, 0.3) is 5.91 Å². The molecule has 2 aromatic rings. The Hall–Kier alpha value is -2.93. The molecule has 1 heterocycles. The van der Waals surface area contributed by atoms with Crippen molar-refractivity contribution in [2.45, 2.75) is 6.54 Å². The molecule has 0 atom stereocenters. The van der Waals surface area contributed by atoms with Crippen molar-refractivity contribution in [3.8, 4) is 23.0 Å². The summed E-state index contributed by atoms with van der Waals surface area (Å²) in [6.45, 7) is 2.27. The summed E-state index contributed by atoms with van der Waals surface area (Å²) in [5.41, 5.74) is 1.38. The molecule has 0 saturated heterocycles. The van der Waals surface area contributed by atoms with Crippen LogP contribution in [-0.2, 0) is 11.3 Å². The second-order valence-corrected chi connectivity index (χ2v) is 5.87. The molecule has 1 amide bonds. The molecule has 0 bridgehead atoms. The van der Waals surface area contributed by atoms with Gasteiger partial charge in [0, 0.05) is 19.2 Å². The van der Waals surface area contributed by atoms with Crippen LogP contribution in [0.1, 0.15) is 15.9 Å². The summed E-state index contributed by atoms with van der Waals surface area (Å²) in [5.74, 6) is 2.03. The molecule has 144 valence electrons. The molecule has 3 rings (SSSR count). The highest BCUT2D eigenvalue weighted by Gasteiger charge is 2.20. The highest BCUT2D eigenvalue weighted by atomic mass is 16.6. The van der Waals surface area contributed by atoms with E-state index in [2.05, 4.69) is 5.32 Å². The van der Waals surface area contributed by atoms with Crippen molar-refractivity contribution in [1.82, 2.24) is 5.32 Å². The van der Waals surface area contributed by atoms with E-state index < -0.39 is 0 Å². The van der Waals surface area contributed by atoms with E-state index in [0.717, 1.165) is 11.3 Å². The maximum Gasteiger partial charge on any atom is 0.251 e. The Bertz CT molecular complexity index is 775. The number of fused-ring (bicyclic) bond motifs is 1. The van der Waals surface area contributed by atoms with Gasteiger partial charge in [0.05, 0.1) is 13.7 Å². The molecule has 0 saturated carbocycles. The van der Waals surface area contributed by atoms with Crippen molar-refractivity contribution in [2.75, 3.05) is 40.6 Å². The van der Waals surface area contributed by atoms with Crippen molar-refractivity contribution in [1.29, 1.82) is 0 Å². The molecule has 1 N–H and O–H groups in total. The number of nitrogens with one attached hydrogen (secondary N) is 1. The van der Waals surface area contributed by atoms with Crippen LogP contribution >= 0.6 is 0 Å². The number of carbonyl (C=O) groups excluding carboxylic acids is 1. The SMILES string of the molecule is COCCOc1cccc(CNC(=O)c2cc(OC)c3c(c2)OCCO3)c1. The molecule has 7 heteroatoms. The van der Waals surface area contributed by atoms with Crippen molar-refractivity contribution in [3.63, 3.8) is 0 Å². The number of carbonyl (C=O) groups is 1. The number of benzene rings is 2. The highest BCUT2D eigenvalue weighted by molar-refractivity contribution is 5.95. The monoisotopic (exact) mass is 373 g/mol. The van der Waals surface area contributed by atoms with Crippen LogP contribution < -0.4 is 24.3 Å². The van der Waals surface area contributed by atoms with E-state index in [4.69, 9.17) is 23.7 Å². The van der Waals surface area contributed by atoms with Crippen LogP contribution in [0.4, 0.5) is 0 Å². The van der Waals surface area contributed by atoms with Crippen molar-refractivity contribution in [2.24, 2.45) is 0 Å². The Kier molecular flexibility index (Phi) is 6.38. The molecule has 2 aromatic carbocycles. The van der Waals surface area contributed by atoms with Crippen LogP contribution in [0.2, 0.25) is 0 Å². The smallest absolute Gasteiger partial charge is 0.251 e. The van der Waals surface area contributed by atoms with Crippen LogP contribution in [0, 0.1) is 0 Å². The summed E-state index contributed by atoms with van der Waals surface area (Å²) < 4.78 is 27.0. The molecule has 0 radical (unpaired) electrons. The lowest BCUT2D eigenvalue weighted by Gasteiger charge is -2.21. The molecule has 7 nitrogen and oxygen atoms in total. The summed E-state index contributed by atoms with van der Waals surface area (Å²) in [6.07, 6.45) is 0. The zero-order valence-electron chi connectivity index (χ0n) is 15.4. The molecule has 0 spiro atoms. The zero-order chi connectivity index (χ0) is 19.1. The van der Waals surface area contributed by atoms with E-state index >= 15 is 0 Å². The van der Waals surface area contributed by atoms with Gasteiger partial charge in [0.1, 0.15) is 25.6 Å². The fourth-order valence-electron chi connectivity index (χ4n) is 2.68. The van der Waals surface area contributed by atoms with Crippen molar-refractivity contribution in [3.05, 3.63) is 47.5 Å². The Balaban J connectivity index is 1.65. The Morgan fingerprint density at radius 1 is 1.11 bits per heavy atom. The van der Waals surface area contributed by atoms with Crippen molar-refractivity contribution < 1.29 is 28.5 Å². The molecule has 0 aromatic heterocycles. The van der Waals surface area contributed by atoms with E-state index in [9.17, 15) is 4.79 Å². The van der Waals surface area contributed by atoms with Gasteiger partial charge in [0.2, 0.25) is 5.75 Å². The second-order valence-electron chi connectivity index (χ2n) is 5.87. The lowest BCUT2D eigenvalue weighted by atomic mass is 10.1. The second kappa shape index (κ2) is 9.14. The van der Waals surface area contributed by atoms with Crippen molar-refractivity contribution >= 4 is 5.91 Å². The van der Waals surface area contributed by atoms with Crippen LogP contribution in [0.3, 0.4) is 0 Å². The number of methoxy groups -OCH3 is 2. The molecule has 0 fully saturated rings. The first-order valence-electron chi connectivity index (χ1n) is 8.67. The first kappa shape index (κ1) is 18.8. The largest absolute Gasteiger partial charge is 0.493 e. The van der Waals surface area contributed by atoms with Gasteiger partial charge in [-0.15, -0.1) is 0 Å². The lowest BCUT2D eigenvalue weighted by Crippen LogP contribution is -2.23. The topological polar surface area (TPSA) is 75.3 Å². The number of hydrogen-bond donors (Lipinski definition) is 1. The van der Waals surface area contributed by atoms with Crippen LogP contribution in [-0.4, -0.2) is 46.6 Å². The van der Waals surface area contributed by atoms with Gasteiger partial charge in [-0.2, -0.15) is 0 Å². The minimum atomic E-state index is -0.226. The Morgan fingerprint density at radius 2 is 1.96 bits per heavy atom. The quantitative estimate of drug-likeness (QED) is 0.717. The van der Waals surface area contributed by atoms with E-state index in [-0.39, 0.29) is 5.91 Å². The van der Waals surface area contributed by atoms with Gasteiger partial charge in [-0.3, -0.25) is 4.79 Å². The predicted octanol–water partition coefficient (Wildman–Crippen LogP) is 2.42. The Labute approximate surface area is 158 Å². The molecular weight excluding hydrogens is 350 g/mol. The van der Waals surface area contributed by atoms with Gasteiger partial charge in [-0.05, 0) is 29.8 Å². The third kappa shape index (κ3) is 4.83. The number of hydrogen-bond acceptors (Lipinski definition) is 6. The fraction of sp³-hybridized carbons (Fsp3) is 0.350. The molecule has 27 heavy (non-hydrogen) atoms. The number of rotatable bonds is 8. The molecule has 1 aliphatic rings. The highest BCUT2D eigenvalue weighted by Crippen LogP contribution is 2.40. The van der Waals surface area contributed by atoms with E-state index in [1.807, 2.05) is 24.3 Å². The molecular formula is C20H23NO6. The molecule has 1 aliphatic heterocycles. The first-order valence-corrected chi connectivity index (χ1v) is 8.67. The van der Waals surface area contributed by atoms with Gasteiger partial charge in [0.15, 0.2) is 11.5 Å². The average molecular weight is 373 g/mol. The molecule has 0 unspecified atom stereocenters. The van der Waals surface area contributed by atoms with E-state index in [1.54, 1.807) is 19.2 Å². The normalized spacial score (nSPS) is 12.4. The maximum atomic E-state index is 12.6. The van der Waals surface area contributed by atoms with Crippen LogP contribution in [0.15, 0.2) is 36.4 Å². The predicted molar refractivity (Wildman–Crippen MR) is 99.0 cm³/mol. The van der Waals surface area contributed by atoms with E-state index in [1.165, 1.54) is 7.11 Å². The maximum absolute atomic E-state index is 12.6. The third-order valence-electron chi connectivity index (χ3n) is 4.00. The Morgan fingerprint density at radius 3 is 2.78 bits per heavy atom. The van der Waals surface area contributed by atoms with E-state index in [0.29, 0.717) is 55.8 Å². The van der Waals surface area contributed by atoms with Gasteiger partial charge in [-0.25, -0.2) is 0 Å². The minimum Gasteiger partial charge on any atom is -0.493 e. The number of ether oxygens (including phenoxy) is 5. The third-order valence-corrected chi connectivity index (χ3v) is 4.00. The fourth-order valence-corrected chi connectivity index (χ4v) is 2.68. The average Bonchev–Trinajstić information content (AvgIpc) is 2.71. The zero-order valence-corrected chi connectivity index (χ0v) is 15.4. The van der Waals surface area contributed by atoms with Crippen LogP contribution in [0.25, 0.3) is 0 Å². The van der Waals surface area contributed by atoms with Gasteiger partial charge < -0.3 is 29.0 Å². The summed E-state index contributed by atoms with van der Waals surface area (Å²) in [6, 6.07) is 10.9. The van der Waals surface area contributed by atoms with Gasteiger partial charge in [-0.1, -0.05) is 12.1 Å². The summed E-state index contributed by atoms with van der Waals surface area (Å²) in [4.78, 5) is 12.6.